The molecule has 0 saturated carbocycles. The summed E-state index contributed by atoms with van der Waals surface area (Å²) in [4.78, 5) is 6.37. The maximum absolute atomic E-state index is 4.27. The van der Waals surface area contributed by atoms with Crippen molar-refractivity contribution in [2.24, 2.45) is 12.0 Å². The second kappa shape index (κ2) is 9.73. The lowest BCUT2D eigenvalue weighted by Gasteiger charge is -2.21. The van der Waals surface area contributed by atoms with Crippen molar-refractivity contribution < 1.29 is 0 Å². The van der Waals surface area contributed by atoms with Crippen LogP contribution in [0.4, 0.5) is 0 Å². The van der Waals surface area contributed by atoms with Gasteiger partial charge in [0, 0.05) is 27.7 Å². The van der Waals surface area contributed by atoms with Gasteiger partial charge in [0.05, 0.1) is 6.54 Å². The lowest BCUT2D eigenvalue weighted by atomic mass is 10.3. The molecule has 1 aromatic heterocycles. The standard InChI is InChI=1S/C13H24N6.HI/c1-6-7-8-9-18(4)13(14-3)15-10-12-17-16-11(2)19(12)5;/h6H,1,7-10H2,2-5H3,(H,14,15);1H. The predicted molar refractivity (Wildman–Crippen MR) is 93.4 cm³/mol. The van der Waals surface area contributed by atoms with E-state index in [1.807, 2.05) is 31.7 Å². The molecule has 0 aliphatic carbocycles. The third kappa shape index (κ3) is 5.48. The number of aliphatic imine (C=N–C) groups is 1. The maximum Gasteiger partial charge on any atom is 0.193 e. The van der Waals surface area contributed by atoms with E-state index in [4.69, 9.17) is 0 Å². The molecule has 0 aromatic carbocycles. The first kappa shape index (κ1) is 18.9. The van der Waals surface area contributed by atoms with Crippen LogP contribution in [-0.4, -0.2) is 46.3 Å². The quantitative estimate of drug-likeness (QED) is 0.263. The number of hydrogen-bond donors (Lipinski definition) is 1. The monoisotopic (exact) mass is 392 g/mol. The molecule has 20 heavy (non-hydrogen) atoms. The van der Waals surface area contributed by atoms with E-state index in [9.17, 15) is 0 Å². The fourth-order valence-electron chi connectivity index (χ4n) is 1.73. The molecule has 114 valence electrons. The molecule has 1 aromatic rings. The van der Waals surface area contributed by atoms with Crippen LogP contribution in [0.15, 0.2) is 17.6 Å². The van der Waals surface area contributed by atoms with Gasteiger partial charge in [-0.2, -0.15) is 0 Å². The first-order valence-electron chi connectivity index (χ1n) is 6.47. The van der Waals surface area contributed by atoms with Crippen molar-refractivity contribution in [1.82, 2.24) is 25.0 Å². The largest absolute Gasteiger partial charge is 0.349 e. The summed E-state index contributed by atoms with van der Waals surface area (Å²) < 4.78 is 1.97. The van der Waals surface area contributed by atoms with Crippen molar-refractivity contribution in [2.45, 2.75) is 26.3 Å². The molecule has 0 atom stereocenters. The second-order valence-electron chi connectivity index (χ2n) is 4.48. The SMILES string of the molecule is C=CCCCN(C)C(=NC)NCc1nnc(C)n1C.I. The molecule has 0 fully saturated rings. The third-order valence-corrected chi connectivity index (χ3v) is 3.06. The summed E-state index contributed by atoms with van der Waals surface area (Å²) in [7, 11) is 5.78. The van der Waals surface area contributed by atoms with Crippen LogP contribution in [-0.2, 0) is 13.6 Å². The first-order valence-corrected chi connectivity index (χ1v) is 6.47. The van der Waals surface area contributed by atoms with Gasteiger partial charge >= 0.3 is 0 Å². The summed E-state index contributed by atoms with van der Waals surface area (Å²) in [5.74, 6) is 2.67. The lowest BCUT2D eigenvalue weighted by molar-refractivity contribution is 0.468. The average molecular weight is 392 g/mol. The summed E-state index contributed by atoms with van der Waals surface area (Å²) in [6, 6.07) is 0. The number of unbranched alkanes of at least 4 members (excludes halogenated alkanes) is 1. The molecule has 0 aliphatic rings. The molecule has 6 nitrogen and oxygen atoms in total. The van der Waals surface area contributed by atoms with E-state index in [0.29, 0.717) is 6.54 Å². The zero-order chi connectivity index (χ0) is 14.3. The normalized spacial score (nSPS) is 10.9. The fourth-order valence-corrected chi connectivity index (χ4v) is 1.73. The lowest BCUT2D eigenvalue weighted by Crippen LogP contribution is -2.39. The molecule has 1 N–H and O–H groups in total. The number of nitrogens with zero attached hydrogens (tertiary/aromatic N) is 5. The maximum atomic E-state index is 4.27. The molecular weight excluding hydrogens is 367 g/mol. The van der Waals surface area contributed by atoms with E-state index < -0.39 is 0 Å². The molecule has 1 heterocycles. The number of halogens is 1. The average Bonchev–Trinajstić information content (AvgIpc) is 2.71. The van der Waals surface area contributed by atoms with E-state index >= 15 is 0 Å². The van der Waals surface area contributed by atoms with Gasteiger partial charge in [0.2, 0.25) is 0 Å². The Bertz CT molecular complexity index is 440. The van der Waals surface area contributed by atoms with Crippen molar-refractivity contribution in [3.05, 3.63) is 24.3 Å². The van der Waals surface area contributed by atoms with Gasteiger partial charge in [-0.15, -0.1) is 40.8 Å². The highest BCUT2D eigenvalue weighted by molar-refractivity contribution is 14.0. The van der Waals surface area contributed by atoms with Gasteiger partial charge in [0.15, 0.2) is 11.8 Å². The van der Waals surface area contributed by atoms with Crippen LogP contribution in [0.3, 0.4) is 0 Å². The van der Waals surface area contributed by atoms with Crippen LogP contribution in [0.2, 0.25) is 0 Å². The van der Waals surface area contributed by atoms with E-state index in [1.165, 1.54) is 0 Å². The van der Waals surface area contributed by atoms with Crippen molar-refractivity contribution in [1.29, 1.82) is 0 Å². The van der Waals surface area contributed by atoms with Crippen LogP contribution >= 0.6 is 24.0 Å². The second-order valence-corrected chi connectivity index (χ2v) is 4.48. The Balaban J connectivity index is 0.00000361. The summed E-state index contributed by atoms with van der Waals surface area (Å²) in [6.45, 7) is 7.23. The molecule has 0 unspecified atom stereocenters. The van der Waals surface area contributed by atoms with Gasteiger partial charge in [-0.05, 0) is 19.8 Å². The Morgan fingerprint density at radius 1 is 1.50 bits per heavy atom. The Labute approximate surface area is 138 Å². The van der Waals surface area contributed by atoms with Crippen LogP contribution in [0, 0.1) is 6.92 Å². The fraction of sp³-hybridized carbons (Fsp3) is 0.615. The summed E-state index contributed by atoms with van der Waals surface area (Å²) in [6.07, 6.45) is 4.03. The van der Waals surface area contributed by atoms with Crippen LogP contribution < -0.4 is 5.32 Å². The van der Waals surface area contributed by atoms with Gasteiger partial charge in [0.1, 0.15) is 5.82 Å². The summed E-state index contributed by atoms with van der Waals surface area (Å²) >= 11 is 0. The van der Waals surface area contributed by atoms with Gasteiger partial charge in [0.25, 0.3) is 0 Å². The number of aromatic nitrogens is 3. The number of rotatable bonds is 6. The molecule has 0 aliphatic heterocycles. The number of nitrogens with one attached hydrogen (secondary N) is 1. The van der Waals surface area contributed by atoms with E-state index in [1.54, 1.807) is 7.05 Å². The van der Waals surface area contributed by atoms with Crippen LogP contribution in [0.25, 0.3) is 0 Å². The number of aryl methyl sites for hydroxylation is 1. The molecule has 0 spiro atoms. The highest BCUT2D eigenvalue weighted by Gasteiger charge is 2.08. The topological polar surface area (TPSA) is 58.3 Å². The summed E-state index contributed by atoms with van der Waals surface area (Å²) in [5.41, 5.74) is 0. The van der Waals surface area contributed by atoms with E-state index in [-0.39, 0.29) is 24.0 Å². The predicted octanol–water partition coefficient (Wildman–Crippen LogP) is 1.71. The van der Waals surface area contributed by atoms with Crippen molar-refractivity contribution in [3.8, 4) is 0 Å². The minimum Gasteiger partial charge on any atom is -0.349 e. The number of guanidine groups is 1. The Kier molecular flexibility index (Phi) is 9.19. The molecule has 0 radical (unpaired) electrons. The Morgan fingerprint density at radius 3 is 2.70 bits per heavy atom. The zero-order valence-corrected chi connectivity index (χ0v) is 15.1. The minimum absolute atomic E-state index is 0. The summed E-state index contributed by atoms with van der Waals surface area (Å²) in [5, 5.41) is 11.4. The highest BCUT2D eigenvalue weighted by Crippen LogP contribution is 1.98. The van der Waals surface area contributed by atoms with Crippen LogP contribution in [0.5, 0.6) is 0 Å². The molecule has 0 saturated heterocycles. The van der Waals surface area contributed by atoms with Gasteiger partial charge in [-0.25, -0.2) is 0 Å². The zero-order valence-electron chi connectivity index (χ0n) is 12.8. The van der Waals surface area contributed by atoms with Crippen molar-refractivity contribution >= 4 is 29.9 Å². The highest BCUT2D eigenvalue weighted by atomic mass is 127. The van der Waals surface area contributed by atoms with Gasteiger partial charge in [-0.1, -0.05) is 6.08 Å². The van der Waals surface area contributed by atoms with Crippen LogP contribution in [0.1, 0.15) is 24.5 Å². The third-order valence-electron chi connectivity index (χ3n) is 3.06. The molecule has 0 bridgehead atoms. The van der Waals surface area contributed by atoms with E-state index in [2.05, 4.69) is 32.0 Å². The number of hydrogen-bond acceptors (Lipinski definition) is 3. The first-order chi connectivity index (χ1) is 9.10. The minimum atomic E-state index is 0. The molecule has 0 amide bonds. The van der Waals surface area contributed by atoms with Gasteiger partial charge < -0.3 is 14.8 Å². The Morgan fingerprint density at radius 2 is 2.20 bits per heavy atom. The molecular formula is C13H25IN6. The van der Waals surface area contributed by atoms with Gasteiger partial charge in [-0.3, -0.25) is 4.99 Å². The van der Waals surface area contributed by atoms with Crippen molar-refractivity contribution in [2.75, 3.05) is 20.6 Å². The molecule has 1 rings (SSSR count). The smallest absolute Gasteiger partial charge is 0.193 e. The Hall–Kier alpha value is -1.12. The van der Waals surface area contributed by atoms with Crippen molar-refractivity contribution in [3.63, 3.8) is 0 Å². The number of allylic oxidation sites excluding steroid dienone is 1. The van der Waals surface area contributed by atoms with E-state index in [0.717, 1.165) is 37.0 Å². The molecule has 7 heteroatoms.